The van der Waals surface area contributed by atoms with Crippen molar-refractivity contribution in [3.05, 3.63) is 34.2 Å². The number of amides is 1. The number of carbonyl (C=O) groups is 1. The van der Waals surface area contributed by atoms with Crippen molar-refractivity contribution in [1.82, 2.24) is 10.3 Å². The molecule has 0 radical (unpaired) electrons. The van der Waals surface area contributed by atoms with Crippen molar-refractivity contribution in [2.45, 2.75) is 26.1 Å². The number of alkyl halides is 3. The molecule has 0 unspecified atom stereocenters. The van der Waals surface area contributed by atoms with Crippen LogP contribution in [-0.4, -0.2) is 17.4 Å². The smallest absolute Gasteiger partial charge is 0.317 e. The second kappa shape index (κ2) is 7.38. The SMILES string of the molecule is CC(=O)Nc1sc2c(c1-c1nc3cc(C(F)(F)F)ccc3s1)CCNC2.Cl. The van der Waals surface area contributed by atoms with Crippen LogP contribution in [0.4, 0.5) is 18.2 Å². The van der Waals surface area contributed by atoms with Crippen molar-refractivity contribution >= 4 is 56.2 Å². The van der Waals surface area contributed by atoms with E-state index < -0.39 is 11.7 Å². The molecule has 0 fully saturated rings. The molecule has 1 aliphatic heterocycles. The maximum atomic E-state index is 13.0. The molecule has 2 aromatic heterocycles. The van der Waals surface area contributed by atoms with Crippen LogP contribution in [0.2, 0.25) is 0 Å². The molecule has 27 heavy (non-hydrogen) atoms. The maximum Gasteiger partial charge on any atom is 0.416 e. The number of halogens is 4. The number of hydrogen-bond acceptors (Lipinski definition) is 5. The Kier molecular flexibility index (Phi) is 5.49. The van der Waals surface area contributed by atoms with Gasteiger partial charge in [-0.25, -0.2) is 4.98 Å². The van der Waals surface area contributed by atoms with Gasteiger partial charge in [0.2, 0.25) is 5.91 Å². The fraction of sp³-hybridized carbons (Fsp3) is 0.294. The third-order valence-corrected chi connectivity index (χ3v) is 6.35. The Hall–Kier alpha value is -1.68. The summed E-state index contributed by atoms with van der Waals surface area (Å²) in [6, 6.07) is 3.61. The van der Waals surface area contributed by atoms with Crippen molar-refractivity contribution < 1.29 is 18.0 Å². The summed E-state index contributed by atoms with van der Waals surface area (Å²) in [5.74, 6) is -0.182. The molecule has 0 spiro atoms. The number of anilines is 1. The van der Waals surface area contributed by atoms with E-state index in [2.05, 4.69) is 15.6 Å². The van der Waals surface area contributed by atoms with Crippen LogP contribution >= 0.6 is 35.1 Å². The molecular formula is C17H15ClF3N3OS2. The van der Waals surface area contributed by atoms with E-state index in [9.17, 15) is 18.0 Å². The van der Waals surface area contributed by atoms with Crippen LogP contribution in [0.15, 0.2) is 18.2 Å². The fourth-order valence-electron chi connectivity index (χ4n) is 3.02. The molecule has 1 amide bonds. The Bertz CT molecular complexity index is 1010. The van der Waals surface area contributed by atoms with Gasteiger partial charge in [-0.2, -0.15) is 13.2 Å². The molecule has 2 N–H and O–H groups in total. The van der Waals surface area contributed by atoms with E-state index in [0.29, 0.717) is 20.2 Å². The largest absolute Gasteiger partial charge is 0.416 e. The summed E-state index contributed by atoms with van der Waals surface area (Å²) in [7, 11) is 0. The van der Waals surface area contributed by atoms with Crippen molar-refractivity contribution in [3.63, 3.8) is 0 Å². The van der Waals surface area contributed by atoms with Crippen molar-refractivity contribution in [3.8, 4) is 10.6 Å². The molecule has 0 aliphatic carbocycles. The zero-order valence-corrected chi connectivity index (χ0v) is 16.5. The average Bonchev–Trinajstić information content (AvgIpc) is 3.12. The number of carbonyl (C=O) groups excluding carboxylic acids is 1. The van der Waals surface area contributed by atoms with Crippen molar-refractivity contribution in [2.75, 3.05) is 11.9 Å². The second-order valence-electron chi connectivity index (χ2n) is 6.02. The van der Waals surface area contributed by atoms with Gasteiger partial charge in [-0.15, -0.1) is 35.1 Å². The summed E-state index contributed by atoms with van der Waals surface area (Å²) in [6.07, 6.45) is -3.60. The molecule has 3 heterocycles. The molecule has 1 aromatic carbocycles. The quantitative estimate of drug-likeness (QED) is 0.593. The van der Waals surface area contributed by atoms with Crippen LogP contribution in [-0.2, 0) is 23.9 Å². The molecule has 1 aliphatic rings. The van der Waals surface area contributed by atoms with Gasteiger partial charge in [-0.05, 0) is 36.7 Å². The number of hydrogen-bond donors (Lipinski definition) is 2. The lowest BCUT2D eigenvalue weighted by Crippen LogP contribution is -2.22. The average molecular weight is 434 g/mol. The minimum atomic E-state index is -4.40. The Balaban J connectivity index is 0.00000210. The molecule has 4 nitrogen and oxygen atoms in total. The number of nitrogens with zero attached hydrogens (tertiary/aromatic N) is 1. The van der Waals surface area contributed by atoms with Gasteiger partial charge >= 0.3 is 6.18 Å². The van der Waals surface area contributed by atoms with Gasteiger partial charge in [-0.1, -0.05) is 0 Å². The molecular weight excluding hydrogens is 419 g/mol. The predicted octanol–water partition coefficient (Wildman–Crippen LogP) is 5.07. The first-order chi connectivity index (χ1) is 12.3. The highest BCUT2D eigenvalue weighted by molar-refractivity contribution is 7.22. The number of benzene rings is 1. The first-order valence-corrected chi connectivity index (χ1v) is 9.57. The Labute approximate surface area is 167 Å². The molecule has 4 rings (SSSR count). The van der Waals surface area contributed by atoms with E-state index >= 15 is 0 Å². The van der Waals surface area contributed by atoms with Crippen LogP contribution in [0.25, 0.3) is 20.8 Å². The number of thiazole rings is 1. The highest BCUT2D eigenvalue weighted by Crippen LogP contribution is 2.45. The lowest BCUT2D eigenvalue weighted by Gasteiger charge is -2.13. The third kappa shape index (κ3) is 3.82. The van der Waals surface area contributed by atoms with Crippen LogP contribution in [0, 0.1) is 0 Å². The van der Waals surface area contributed by atoms with E-state index in [1.807, 2.05) is 0 Å². The topological polar surface area (TPSA) is 54.0 Å². The van der Waals surface area contributed by atoms with Crippen LogP contribution < -0.4 is 10.6 Å². The van der Waals surface area contributed by atoms with E-state index in [1.54, 1.807) is 0 Å². The predicted molar refractivity (Wildman–Crippen MR) is 105 cm³/mol. The zero-order valence-electron chi connectivity index (χ0n) is 14.1. The minimum absolute atomic E-state index is 0. The molecule has 0 atom stereocenters. The second-order valence-corrected chi connectivity index (χ2v) is 8.15. The van der Waals surface area contributed by atoms with E-state index in [-0.39, 0.29) is 18.3 Å². The summed E-state index contributed by atoms with van der Waals surface area (Å²) in [5, 5.41) is 7.49. The number of fused-ring (bicyclic) bond motifs is 2. The molecule has 144 valence electrons. The van der Waals surface area contributed by atoms with Gasteiger partial charge in [-0.3, -0.25) is 4.79 Å². The first-order valence-electron chi connectivity index (χ1n) is 7.94. The van der Waals surface area contributed by atoms with Crippen molar-refractivity contribution in [2.24, 2.45) is 0 Å². The highest BCUT2D eigenvalue weighted by atomic mass is 35.5. The van der Waals surface area contributed by atoms with Crippen LogP contribution in [0.3, 0.4) is 0 Å². The van der Waals surface area contributed by atoms with Crippen molar-refractivity contribution in [1.29, 1.82) is 0 Å². The van der Waals surface area contributed by atoms with Gasteiger partial charge in [0, 0.05) is 23.9 Å². The third-order valence-electron chi connectivity index (χ3n) is 4.15. The summed E-state index contributed by atoms with van der Waals surface area (Å²) in [6.45, 7) is 2.98. The number of thiophene rings is 1. The fourth-order valence-corrected chi connectivity index (χ4v) is 5.37. The monoisotopic (exact) mass is 433 g/mol. The van der Waals surface area contributed by atoms with E-state index in [0.717, 1.165) is 47.6 Å². The summed E-state index contributed by atoms with van der Waals surface area (Å²) < 4.78 is 39.5. The van der Waals surface area contributed by atoms with E-state index in [4.69, 9.17) is 0 Å². The van der Waals surface area contributed by atoms with Gasteiger partial charge < -0.3 is 10.6 Å². The van der Waals surface area contributed by atoms with E-state index in [1.165, 1.54) is 35.7 Å². The number of rotatable bonds is 2. The minimum Gasteiger partial charge on any atom is -0.317 e. The maximum absolute atomic E-state index is 13.0. The molecule has 10 heteroatoms. The lowest BCUT2D eigenvalue weighted by atomic mass is 10.0. The number of aromatic nitrogens is 1. The number of nitrogens with one attached hydrogen (secondary N) is 2. The Morgan fingerprint density at radius 1 is 1.30 bits per heavy atom. The zero-order chi connectivity index (χ0) is 18.5. The Morgan fingerprint density at radius 3 is 2.78 bits per heavy atom. The molecule has 3 aromatic rings. The van der Waals surface area contributed by atoms with Gasteiger partial charge in [0.15, 0.2) is 0 Å². The van der Waals surface area contributed by atoms with Gasteiger partial charge in [0.25, 0.3) is 0 Å². The summed E-state index contributed by atoms with van der Waals surface area (Å²) in [4.78, 5) is 17.2. The van der Waals surface area contributed by atoms with Crippen LogP contribution in [0.5, 0.6) is 0 Å². The standard InChI is InChI=1S/C17H14F3N3OS2.ClH/c1-8(24)22-15-14(10-4-5-21-7-13(10)26-15)16-23-11-6-9(17(18,19)20)2-3-12(11)25-16;/h2-3,6,21H,4-5,7H2,1H3,(H,22,24);1H. The lowest BCUT2D eigenvalue weighted by molar-refractivity contribution is -0.137. The van der Waals surface area contributed by atoms with Gasteiger partial charge in [0.05, 0.1) is 15.8 Å². The molecule has 0 bridgehead atoms. The highest BCUT2D eigenvalue weighted by Gasteiger charge is 2.31. The normalized spacial score (nSPS) is 13.9. The summed E-state index contributed by atoms with van der Waals surface area (Å²) in [5.41, 5.74) is 1.58. The molecule has 0 saturated heterocycles. The van der Waals surface area contributed by atoms with Gasteiger partial charge in [0.1, 0.15) is 10.0 Å². The first kappa shape index (κ1) is 20.1. The summed E-state index contributed by atoms with van der Waals surface area (Å²) >= 11 is 2.84. The Morgan fingerprint density at radius 2 is 2.07 bits per heavy atom. The molecule has 0 saturated carbocycles. The van der Waals surface area contributed by atoms with Crippen LogP contribution in [0.1, 0.15) is 22.9 Å².